The van der Waals surface area contributed by atoms with Crippen molar-refractivity contribution < 1.29 is 9.22 Å². The molecule has 0 aromatic heterocycles. The highest BCUT2D eigenvalue weighted by Crippen LogP contribution is 2.59. The van der Waals surface area contributed by atoms with Crippen molar-refractivity contribution in [1.82, 2.24) is 0 Å². The van der Waals surface area contributed by atoms with Crippen molar-refractivity contribution in [3.05, 3.63) is 35.5 Å². The zero-order valence-corrected chi connectivity index (χ0v) is 22.2. The quantitative estimate of drug-likeness (QED) is 0.318. The van der Waals surface area contributed by atoms with E-state index in [4.69, 9.17) is 4.43 Å². The third-order valence-electron chi connectivity index (χ3n) is 9.32. The van der Waals surface area contributed by atoms with Crippen molar-refractivity contribution >= 4 is 14.6 Å². The predicted octanol–water partition coefficient (Wildman–Crippen LogP) is 8.02. The van der Waals surface area contributed by atoms with Crippen LogP contribution in [0.1, 0.15) is 86.0 Å². The Morgan fingerprint density at radius 1 is 1.16 bits per heavy atom. The molecule has 0 bridgehead atoms. The molecule has 3 aliphatic carbocycles. The minimum atomic E-state index is -1.75. The van der Waals surface area contributed by atoms with Crippen LogP contribution in [0.2, 0.25) is 18.1 Å². The maximum Gasteiger partial charge on any atom is 0.192 e. The molecule has 3 rings (SSSR count). The molecule has 0 aromatic rings. The van der Waals surface area contributed by atoms with E-state index in [-0.39, 0.29) is 11.0 Å². The molecule has 1 unspecified atom stereocenters. The van der Waals surface area contributed by atoms with Gasteiger partial charge in [0, 0.05) is 12.0 Å². The standard InChI is InChI=1S/C28H46O2Si/c1-20-11-14-24(30-31(7,8)27(3,4)5)18-23(20)13-12-22-10-9-17-28(6)25(21(2)19-29)15-16-26(22)28/h12-13,19,21,24-26H,1,9-11,14-18H2,2-8H3/b22-12+,23-13-/t21?,24-,25-,26+,28-/m1/s1. The predicted molar refractivity (Wildman–Crippen MR) is 135 cm³/mol. The molecule has 0 amide bonds. The first-order valence-electron chi connectivity index (χ1n) is 12.6. The van der Waals surface area contributed by atoms with Gasteiger partial charge in [0.05, 0.1) is 0 Å². The van der Waals surface area contributed by atoms with E-state index in [0.717, 1.165) is 19.3 Å². The smallest absolute Gasteiger partial charge is 0.192 e. The summed E-state index contributed by atoms with van der Waals surface area (Å²) in [7, 11) is -1.75. The summed E-state index contributed by atoms with van der Waals surface area (Å²) in [5.74, 6) is 1.36. The molecule has 3 aliphatic rings. The number of hydrogen-bond acceptors (Lipinski definition) is 2. The first-order chi connectivity index (χ1) is 14.4. The van der Waals surface area contributed by atoms with Crippen LogP contribution >= 0.6 is 0 Å². The maximum atomic E-state index is 11.5. The number of allylic oxidation sites excluding steroid dienone is 4. The lowest BCUT2D eigenvalue weighted by Crippen LogP contribution is -2.44. The van der Waals surface area contributed by atoms with Gasteiger partial charge in [-0.3, -0.25) is 0 Å². The van der Waals surface area contributed by atoms with E-state index in [0.29, 0.717) is 23.4 Å². The third kappa shape index (κ3) is 5.03. The van der Waals surface area contributed by atoms with Gasteiger partial charge in [-0.05, 0) is 92.3 Å². The van der Waals surface area contributed by atoms with Crippen molar-refractivity contribution in [3.8, 4) is 0 Å². The fourth-order valence-electron chi connectivity index (χ4n) is 6.31. The largest absolute Gasteiger partial charge is 0.414 e. The van der Waals surface area contributed by atoms with Gasteiger partial charge in [-0.15, -0.1) is 0 Å². The lowest BCUT2D eigenvalue weighted by Gasteiger charge is -2.43. The van der Waals surface area contributed by atoms with Gasteiger partial charge < -0.3 is 9.22 Å². The monoisotopic (exact) mass is 442 g/mol. The van der Waals surface area contributed by atoms with Crippen LogP contribution in [0, 0.1) is 23.2 Å². The van der Waals surface area contributed by atoms with E-state index in [1.54, 1.807) is 5.57 Å². The molecular formula is C28H46O2Si. The summed E-state index contributed by atoms with van der Waals surface area (Å²) in [6.45, 7) is 20.7. The van der Waals surface area contributed by atoms with Crippen LogP contribution in [0.15, 0.2) is 35.5 Å². The van der Waals surface area contributed by atoms with Crippen LogP contribution < -0.4 is 0 Å². The Labute approximate surface area is 192 Å². The molecule has 0 N–H and O–H groups in total. The summed E-state index contributed by atoms with van der Waals surface area (Å²) in [6, 6.07) is 0. The molecule has 3 saturated carbocycles. The van der Waals surface area contributed by atoms with Gasteiger partial charge in [0.15, 0.2) is 8.32 Å². The van der Waals surface area contributed by atoms with Crippen molar-refractivity contribution in [1.29, 1.82) is 0 Å². The van der Waals surface area contributed by atoms with Crippen LogP contribution in [0.5, 0.6) is 0 Å². The summed E-state index contributed by atoms with van der Waals surface area (Å²) in [5.41, 5.74) is 4.59. The number of rotatable bonds is 5. The molecule has 3 fully saturated rings. The van der Waals surface area contributed by atoms with Gasteiger partial charge in [0.2, 0.25) is 0 Å². The van der Waals surface area contributed by atoms with Gasteiger partial charge in [0.1, 0.15) is 6.29 Å². The second-order valence-electron chi connectivity index (χ2n) is 12.4. The van der Waals surface area contributed by atoms with E-state index in [1.165, 1.54) is 49.5 Å². The Bertz CT molecular complexity index is 753. The molecule has 5 atom stereocenters. The van der Waals surface area contributed by atoms with Crippen LogP contribution in [0.4, 0.5) is 0 Å². The second kappa shape index (κ2) is 9.13. The van der Waals surface area contributed by atoms with E-state index in [9.17, 15) is 4.79 Å². The summed E-state index contributed by atoms with van der Waals surface area (Å²) < 4.78 is 6.75. The Morgan fingerprint density at radius 2 is 1.87 bits per heavy atom. The molecule has 0 aromatic carbocycles. The van der Waals surface area contributed by atoms with Crippen LogP contribution in [0.25, 0.3) is 0 Å². The number of hydrogen-bond donors (Lipinski definition) is 0. The zero-order valence-electron chi connectivity index (χ0n) is 21.2. The number of fused-ring (bicyclic) bond motifs is 1. The first kappa shape index (κ1) is 24.7. The molecule has 3 heteroatoms. The average molecular weight is 443 g/mol. The second-order valence-corrected chi connectivity index (χ2v) is 17.1. The fraction of sp³-hybridized carbons (Fsp3) is 0.750. The average Bonchev–Trinajstić information content (AvgIpc) is 3.04. The fourth-order valence-corrected chi connectivity index (χ4v) is 7.70. The van der Waals surface area contributed by atoms with Crippen LogP contribution in [-0.2, 0) is 9.22 Å². The molecule has 0 spiro atoms. The Kier molecular flexibility index (Phi) is 7.28. The van der Waals surface area contributed by atoms with Gasteiger partial charge in [-0.2, -0.15) is 0 Å². The van der Waals surface area contributed by atoms with Gasteiger partial charge >= 0.3 is 0 Å². The first-order valence-corrected chi connectivity index (χ1v) is 15.5. The zero-order chi connectivity index (χ0) is 23.0. The molecular weight excluding hydrogens is 396 g/mol. The van der Waals surface area contributed by atoms with Crippen molar-refractivity contribution in [2.75, 3.05) is 0 Å². The molecule has 0 saturated heterocycles. The third-order valence-corrected chi connectivity index (χ3v) is 13.9. The molecule has 174 valence electrons. The molecule has 0 heterocycles. The minimum Gasteiger partial charge on any atom is -0.414 e. The topological polar surface area (TPSA) is 26.3 Å². The molecule has 31 heavy (non-hydrogen) atoms. The number of carbonyl (C=O) groups excluding carboxylic acids is 1. The van der Waals surface area contributed by atoms with Crippen molar-refractivity contribution in [2.24, 2.45) is 23.2 Å². The highest BCUT2D eigenvalue weighted by molar-refractivity contribution is 6.74. The summed E-state index contributed by atoms with van der Waals surface area (Å²) in [6.07, 6.45) is 15.7. The normalized spacial score (nSPS) is 36.0. The molecule has 0 aliphatic heterocycles. The minimum absolute atomic E-state index is 0.180. The van der Waals surface area contributed by atoms with Crippen LogP contribution in [0.3, 0.4) is 0 Å². The Balaban J connectivity index is 1.76. The van der Waals surface area contributed by atoms with Crippen molar-refractivity contribution in [3.63, 3.8) is 0 Å². The van der Waals surface area contributed by atoms with E-state index in [2.05, 4.69) is 66.4 Å². The number of aldehydes is 1. The van der Waals surface area contributed by atoms with E-state index < -0.39 is 8.32 Å². The lowest BCUT2D eigenvalue weighted by atomic mass is 9.61. The highest BCUT2D eigenvalue weighted by Gasteiger charge is 2.50. The van der Waals surface area contributed by atoms with E-state index >= 15 is 0 Å². The number of carbonyl (C=O) groups is 1. The van der Waals surface area contributed by atoms with Gasteiger partial charge in [0.25, 0.3) is 0 Å². The Morgan fingerprint density at radius 3 is 2.52 bits per heavy atom. The van der Waals surface area contributed by atoms with E-state index in [1.807, 2.05) is 0 Å². The van der Waals surface area contributed by atoms with Crippen LogP contribution in [-0.4, -0.2) is 20.7 Å². The molecule has 0 radical (unpaired) electrons. The lowest BCUT2D eigenvalue weighted by molar-refractivity contribution is -0.113. The summed E-state index contributed by atoms with van der Waals surface area (Å²) in [5, 5.41) is 0.248. The van der Waals surface area contributed by atoms with Gasteiger partial charge in [-0.1, -0.05) is 64.5 Å². The highest BCUT2D eigenvalue weighted by atomic mass is 28.4. The molecule has 2 nitrogen and oxygen atoms in total. The Hall–Kier alpha value is -0.933. The maximum absolute atomic E-state index is 11.5. The SMILES string of the molecule is C=C1CC[C@@H](O[Si](C)(C)C(C)(C)C)C/C1=C/C=C1\CCC[C@]2(C)[C@@H](C(C)C=O)CC[C@@H]12. The summed E-state index contributed by atoms with van der Waals surface area (Å²) in [4.78, 5) is 11.5. The van der Waals surface area contributed by atoms with Gasteiger partial charge in [-0.25, -0.2) is 0 Å². The summed E-state index contributed by atoms with van der Waals surface area (Å²) >= 11 is 0. The van der Waals surface area contributed by atoms with Crippen molar-refractivity contribution in [2.45, 2.75) is 110 Å².